The lowest BCUT2D eigenvalue weighted by Crippen LogP contribution is -2.52. The van der Waals surface area contributed by atoms with Crippen molar-refractivity contribution in [2.24, 2.45) is 0 Å². The molecule has 0 bridgehead atoms. The van der Waals surface area contributed by atoms with Gasteiger partial charge in [-0.25, -0.2) is 4.68 Å². The van der Waals surface area contributed by atoms with Crippen LogP contribution in [0, 0.1) is 0 Å². The highest BCUT2D eigenvalue weighted by Crippen LogP contribution is 2.37. The molecule has 0 unspecified atom stereocenters. The van der Waals surface area contributed by atoms with Crippen LogP contribution >= 0.6 is 0 Å². The van der Waals surface area contributed by atoms with Crippen LogP contribution < -0.4 is 15.0 Å². The summed E-state index contributed by atoms with van der Waals surface area (Å²) in [5.74, 6) is 2.18. The minimum Gasteiger partial charge on any atom is -0.486 e. The van der Waals surface area contributed by atoms with Crippen LogP contribution in [0.3, 0.4) is 0 Å². The van der Waals surface area contributed by atoms with Gasteiger partial charge in [-0.2, -0.15) is 0 Å². The molecule has 190 valence electrons. The third-order valence-electron chi connectivity index (χ3n) is 8.50. The second-order valence-electron chi connectivity index (χ2n) is 10.6. The van der Waals surface area contributed by atoms with E-state index in [2.05, 4.69) is 30.3 Å². The summed E-state index contributed by atoms with van der Waals surface area (Å²) in [7, 11) is 0. The van der Waals surface area contributed by atoms with Gasteiger partial charge in [0.05, 0.1) is 11.6 Å². The van der Waals surface area contributed by atoms with Gasteiger partial charge in [-0.1, -0.05) is 19.3 Å². The molecule has 36 heavy (non-hydrogen) atoms. The molecule has 1 aromatic carbocycles. The molecular formula is C26H33N7O3. The summed E-state index contributed by atoms with van der Waals surface area (Å²) in [6.45, 7) is 5.03. The highest BCUT2D eigenvalue weighted by molar-refractivity contribution is 5.83. The Morgan fingerprint density at radius 2 is 1.72 bits per heavy atom. The van der Waals surface area contributed by atoms with Gasteiger partial charge in [0.25, 0.3) is 5.56 Å². The minimum absolute atomic E-state index is 0.101. The predicted octanol–water partition coefficient (Wildman–Crippen LogP) is 2.66. The zero-order valence-corrected chi connectivity index (χ0v) is 20.6. The number of aromatic nitrogens is 5. The summed E-state index contributed by atoms with van der Waals surface area (Å²) >= 11 is 0. The van der Waals surface area contributed by atoms with Gasteiger partial charge in [0.1, 0.15) is 19.3 Å². The standard InChI is InChI=1S/C26H33N7O3/c34-26-20(13-17-14-22-23(15-21(17)27-26)36-12-11-35-22)24(32-10-9-31-8-4-7-19(31)16-32)25-28-29-30-33(25)18-5-2-1-3-6-18/h13-15,18-19,24H,1-12,16H2,(H,27,34)/t19-,24+/m1/s1. The van der Waals surface area contributed by atoms with Crippen LogP contribution in [0.15, 0.2) is 23.0 Å². The van der Waals surface area contributed by atoms with Gasteiger partial charge < -0.3 is 14.5 Å². The molecule has 0 amide bonds. The summed E-state index contributed by atoms with van der Waals surface area (Å²) in [5.41, 5.74) is 1.34. The molecule has 10 nitrogen and oxygen atoms in total. The first-order valence-corrected chi connectivity index (χ1v) is 13.5. The van der Waals surface area contributed by atoms with Crippen LogP contribution in [-0.2, 0) is 0 Å². The van der Waals surface area contributed by atoms with Crippen molar-refractivity contribution in [3.63, 3.8) is 0 Å². The summed E-state index contributed by atoms with van der Waals surface area (Å²) in [6, 6.07) is 6.37. The summed E-state index contributed by atoms with van der Waals surface area (Å²) in [6.07, 6.45) is 8.26. The molecule has 1 N–H and O–H groups in total. The molecule has 1 aliphatic carbocycles. The van der Waals surface area contributed by atoms with Crippen LogP contribution in [-0.4, -0.2) is 80.4 Å². The molecule has 0 radical (unpaired) electrons. The Morgan fingerprint density at radius 3 is 2.58 bits per heavy atom. The molecule has 2 saturated heterocycles. The van der Waals surface area contributed by atoms with Crippen molar-refractivity contribution in [3.8, 4) is 11.5 Å². The Hall–Kier alpha value is -2.98. The number of ether oxygens (including phenoxy) is 2. The fraction of sp³-hybridized carbons (Fsp3) is 0.615. The van der Waals surface area contributed by atoms with Crippen LogP contribution in [0.4, 0.5) is 0 Å². The monoisotopic (exact) mass is 491 g/mol. The Balaban J connectivity index is 1.34. The number of hydrogen-bond donors (Lipinski definition) is 1. The number of H-pyrrole nitrogens is 1. The Bertz CT molecular complexity index is 1310. The summed E-state index contributed by atoms with van der Waals surface area (Å²) < 4.78 is 13.6. The van der Waals surface area contributed by atoms with Crippen molar-refractivity contribution in [3.05, 3.63) is 39.9 Å². The van der Waals surface area contributed by atoms with Crippen molar-refractivity contribution in [2.75, 3.05) is 39.4 Å². The van der Waals surface area contributed by atoms with Crippen molar-refractivity contribution >= 4 is 10.9 Å². The number of piperazine rings is 1. The Kier molecular flexibility index (Phi) is 5.65. The maximum Gasteiger partial charge on any atom is 0.253 e. The number of pyridine rings is 1. The molecular weight excluding hydrogens is 458 g/mol. The van der Waals surface area contributed by atoms with Crippen LogP contribution in [0.2, 0.25) is 0 Å². The molecule has 3 aliphatic heterocycles. The number of tetrazole rings is 1. The quantitative estimate of drug-likeness (QED) is 0.595. The van der Waals surface area contributed by atoms with E-state index in [-0.39, 0.29) is 17.6 Å². The third-order valence-corrected chi connectivity index (χ3v) is 8.50. The average molecular weight is 492 g/mol. The molecule has 10 heteroatoms. The molecule has 3 fully saturated rings. The first-order valence-electron chi connectivity index (χ1n) is 13.5. The summed E-state index contributed by atoms with van der Waals surface area (Å²) in [4.78, 5) is 21.8. The largest absolute Gasteiger partial charge is 0.486 e. The topological polar surface area (TPSA) is 101 Å². The predicted molar refractivity (Wildman–Crippen MR) is 134 cm³/mol. The van der Waals surface area contributed by atoms with Gasteiger partial charge in [0.15, 0.2) is 17.3 Å². The number of hydrogen-bond acceptors (Lipinski definition) is 8. The maximum absolute atomic E-state index is 13.7. The zero-order valence-electron chi connectivity index (χ0n) is 20.6. The van der Waals surface area contributed by atoms with E-state index in [1.54, 1.807) is 0 Å². The lowest BCUT2D eigenvalue weighted by atomic mass is 9.94. The maximum atomic E-state index is 13.7. The van der Waals surface area contributed by atoms with E-state index in [0.717, 1.165) is 55.0 Å². The van der Waals surface area contributed by atoms with Gasteiger partial charge in [0.2, 0.25) is 0 Å². The van der Waals surface area contributed by atoms with E-state index < -0.39 is 0 Å². The van der Waals surface area contributed by atoms with E-state index in [0.29, 0.717) is 30.6 Å². The van der Waals surface area contributed by atoms with Crippen molar-refractivity contribution in [1.29, 1.82) is 0 Å². The normalized spacial score (nSPS) is 24.2. The van der Waals surface area contributed by atoms with E-state index >= 15 is 0 Å². The highest BCUT2D eigenvalue weighted by atomic mass is 16.6. The number of rotatable bonds is 4. The lowest BCUT2D eigenvalue weighted by molar-refractivity contribution is 0.0778. The van der Waals surface area contributed by atoms with E-state index in [9.17, 15) is 4.79 Å². The zero-order chi connectivity index (χ0) is 24.1. The second kappa shape index (κ2) is 9.15. The number of aromatic amines is 1. The lowest BCUT2D eigenvalue weighted by Gasteiger charge is -2.41. The summed E-state index contributed by atoms with van der Waals surface area (Å²) in [5, 5.41) is 14.1. The first-order chi connectivity index (χ1) is 17.7. The van der Waals surface area contributed by atoms with Crippen molar-refractivity contribution in [1.82, 2.24) is 35.0 Å². The molecule has 2 atom stereocenters. The van der Waals surface area contributed by atoms with Crippen LogP contribution in [0.5, 0.6) is 11.5 Å². The van der Waals surface area contributed by atoms with E-state index in [1.165, 1.54) is 38.6 Å². The number of nitrogens with zero attached hydrogens (tertiary/aromatic N) is 6. The molecule has 2 aromatic heterocycles. The smallest absolute Gasteiger partial charge is 0.253 e. The number of fused-ring (bicyclic) bond motifs is 3. The molecule has 3 aromatic rings. The number of nitrogens with one attached hydrogen (secondary N) is 1. The van der Waals surface area contributed by atoms with E-state index in [4.69, 9.17) is 9.47 Å². The molecule has 7 rings (SSSR count). The fourth-order valence-electron chi connectivity index (χ4n) is 6.68. The second-order valence-corrected chi connectivity index (χ2v) is 10.6. The third kappa shape index (κ3) is 3.87. The van der Waals surface area contributed by atoms with Crippen molar-refractivity contribution in [2.45, 2.75) is 63.1 Å². The van der Waals surface area contributed by atoms with Crippen LogP contribution in [0.25, 0.3) is 10.9 Å². The molecule has 4 aliphatic rings. The van der Waals surface area contributed by atoms with Gasteiger partial charge in [-0.05, 0) is 54.8 Å². The highest BCUT2D eigenvalue weighted by Gasteiger charge is 2.38. The first kappa shape index (κ1) is 22.2. The Labute approximate surface area is 209 Å². The molecule has 5 heterocycles. The van der Waals surface area contributed by atoms with Crippen molar-refractivity contribution < 1.29 is 9.47 Å². The fourth-order valence-corrected chi connectivity index (χ4v) is 6.68. The Morgan fingerprint density at radius 1 is 0.917 bits per heavy atom. The van der Waals surface area contributed by atoms with Gasteiger partial charge >= 0.3 is 0 Å². The van der Waals surface area contributed by atoms with Crippen LogP contribution in [0.1, 0.15) is 68.4 Å². The molecule has 0 spiro atoms. The van der Waals surface area contributed by atoms with E-state index in [1.807, 2.05) is 22.9 Å². The molecule has 1 saturated carbocycles. The average Bonchev–Trinajstić information content (AvgIpc) is 3.58. The number of benzene rings is 1. The van der Waals surface area contributed by atoms with Gasteiger partial charge in [-0.15, -0.1) is 5.10 Å². The SMILES string of the molecule is O=c1[nH]c2cc3c(cc2cc1[C@@H](c1nnnn1C1CCCCC1)N1CCN2CCC[C@@H]2C1)OCCO3. The van der Waals surface area contributed by atoms with Gasteiger partial charge in [-0.3, -0.25) is 14.6 Å². The minimum atomic E-state index is -0.300. The van der Waals surface area contributed by atoms with Gasteiger partial charge in [0, 0.05) is 42.7 Å².